The summed E-state index contributed by atoms with van der Waals surface area (Å²) < 4.78 is 6.07. The van der Waals surface area contributed by atoms with Crippen molar-refractivity contribution in [2.75, 3.05) is 7.11 Å². The highest BCUT2D eigenvalue weighted by Crippen LogP contribution is 2.31. The van der Waals surface area contributed by atoms with E-state index in [1.807, 2.05) is 23.6 Å². The van der Waals surface area contributed by atoms with E-state index >= 15 is 0 Å². The molecule has 0 fully saturated rings. The molecule has 1 aromatic carbocycles. The quantitative estimate of drug-likeness (QED) is 0.869. The van der Waals surface area contributed by atoms with Crippen molar-refractivity contribution < 1.29 is 4.74 Å². The van der Waals surface area contributed by atoms with Gasteiger partial charge >= 0.3 is 0 Å². The zero-order valence-electron chi connectivity index (χ0n) is 9.11. The Morgan fingerprint density at radius 2 is 2.35 bits per heavy atom. The molecule has 0 unspecified atom stereocenters. The molecule has 0 radical (unpaired) electrons. The molecular weight excluding hydrogens is 300 g/mol. The Morgan fingerprint density at radius 1 is 1.53 bits per heavy atom. The fraction of sp³-hybridized carbons (Fsp3) is 0.167. The first-order valence-corrected chi connectivity index (χ1v) is 6.57. The van der Waals surface area contributed by atoms with Crippen molar-refractivity contribution in [1.29, 1.82) is 5.26 Å². The lowest BCUT2D eigenvalue weighted by Crippen LogP contribution is -1.86. The van der Waals surface area contributed by atoms with Gasteiger partial charge in [0.1, 0.15) is 10.8 Å². The summed E-state index contributed by atoms with van der Waals surface area (Å²) in [4.78, 5) is 4.40. The first-order valence-electron chi connectivity index (χ1n) is 4.90. The lowest BCUT2D eigenvalue weighted by atomic mass is 10.2. The summed E-state index contributed by atoms with van der Waals surface area (Å²) in [6, 6.07) is 7.91. The Bertz CT molecular complexity index is 574. The van der Waals surface area contributed by atoms with Gasteiger partial charge in [0.05, 0.1) is 29.8 Å². The second-order valence-electron chi connectivity index (χ2n) is 3.33. The number of hydrogen-bond donors (Lipinski definition) is 0. The van der Waals surface area contributed by atoms with Crippen LogP contribution in [0.3, 0.4) is 0 Å². The van der Waals surface area contributed by atoms with Gasteiger partial charge in [-0.25, -0.2) is 4.98 Å². The number of methoxy groups -OCH3 is 1. The van der Waals surface area contributed by atoms with Crippen molar-refractivity contribution in [2.24, 2.45) is 0 Å². The molecule has 2 rings (SSSR count). The molecule has 3 nitrogen and oxygen atoms in total. The smallest absolute Gasteiger partial charge is 0.133 e. The fourth-order valence-electron chi connectivity index (χ4n) is 1.40. The summed E-state index contributed by atoms with van der Waals surface area (Å²) >= 11 is 4.98. The average Bonchev–Trinajstić information content (AvgIpc) is 2.78. The van der Waals surface area contributed by atoms with Gasteiger partial charge in [0.25, 0.3) is 0 Å². The molecule has 0 aliphatic rings. The van der Waals surface area contributed by atoms with Crippen molar-refractivity contribution >= 4 is 27.3 Å². The number of halogens is 1. The predicted molar refractivity (Wildman–Crippen MR) is 71.1 cm³/mol. The Labute approximate surface area is 112 Å². The highest BCUT2D eigenvalue weighted by molar-refractivity contribution is 9.10. The van der Waals surface area contributed by atoms with Gasteiger partial charge in [0.2, 0.25) is 0 Å². The molecule has 0 saturated carbocycles. The third kappa shape index (κ3) is 2.65. The third-order valence-electron chi connectivity index (χ3n) is 2.21. The van der Waals surface area contributed by atoms with Crippen LogP contribution in [0.1, 0.15) is 5.69 Å². The minimum Gasteiger partial charge on any atom is -0.496 e. The topological polar surface area (TPSA) is 45.9 Å². The van der Waals surface area contributed by atoms with Crippen LogP contribution in [0.25, 0.3) is 10.6 Å². The first kappa shape index (κ1) is 12.1. The van der Waals surface area contributed by atoms with Gasteiger partial charge in [0.15, 0.2) is 0 Å². The van der Waals surface area contributed by atoms with E-state index in [1.54, 1.807) is 18.4 Å². The van der Waals surface area contributed by atoms with E-state index in [0.717, 1.165) is 26.5 Å². The van der Waals surface area contributed by atoms with Crippen molar-refractivity contribution in [3.8, 4) is 22.4 Å². The summed E-state index contributed by atoms with van der Waals surface area (Å²) in [6.07, 6.45) is 0.355. The molecule has 0 bridgehead atoms. The minimum atomic E-state index is 0.355. The lowest BCUT2D eigenvalue weighted by molar-refractivity contribution is 0.412. The molecule has 5 heteroatoms. The second-order valence-corrected chi connectivity index (χ2v) is 5.04. The number of thiazole rings is 1. The summed E-state index contributed by atoms with van der Waals surface area (Å²) in [5.74, 6) is 0.794. The number of nitriles is 1. The van der Waals surface area contributed by atoms with Crippen molar-refractivity contribution in [1.82, 2.24) is 4.98 Å². The van der Waals surface area contributed by atoms with E-state index in [2.05, 4.69) is 27.0 Å². The van der Waals surface area contributed by atoms with Crippen molar-refractivity contribution in [3.63, 3.8) is 0 Å². The van der Waals surface area contributed by atoms with Crippen LogP contribution in [0.15, 0.2) is 28.1 Å². The van der Waals surface area contributed by atoms with E-state index in [0.29, 0.717) is 6.42 Å². The normalized spacial score (nSPS) is 9.94. The Kier molecular flexibility index (Phi) is 3.77. The van der Waals surface area contributed by atoms with Gasteiger partial charge in [-0.05, 0) is 34.1 Å². The zero-order chi connectivity index (χ0) is 12.3. The molecule has 17 heavy (non-hydrogen) atoms. The van der Waals surface area contributed by atoms with Crippen LogP contribution >= 0.6 is 27.3 Å². The maximum atomic E-state index is 8.60. The molecule has 2 aromatic rings. The summed E-state index contributed by atoms with van der Waals surface area (Å²) in [5, 5.41) is 11.4. The van der Waals surface area contributed by atoms with Crippen molar-refractivity contribution in [2.45, 2.75) is 6.42 Å². The molecule has 0 amide bonds. The number of benzene rings is 1. The predicted octanol–water partition coefficient (Wildman–Crippen LogP) is 3.65. The third-order valence-corrected chi connectivity index (χ3v) is 3.77. The summed E-state index contributed by atoms with van der Waals surface area (Å²) in [5.41, 5.74) is 1.84. The molecule has 0 atom stereocenters. The van der Waals surface area contributed by atoms with Gasteiger partial charge < -0.3 is 4.74 Å². The van der Waals surface area contributed by atoms with Crippen LogP contribution in [0, 0.1) is 11.3 Å². The van der Waals surface area contributed by atoms with Crippen molar-refractivity contribution in [3.05, 3.63) is 33.7 Å². The Morgan fingerprint density at radius 3 is 3.00 bits per heavy atom. The van der Waals surface area contributed by atoms with Gasteiger partial charge in [-0.15, -0.1) is 11.3 Å². The standard InChI is InChI=1S/C12H9BrN2OS/c1-16-11-3-2-8(6-10(11)13)12-15-9(4-5-14)7-17-12/h2-3,6-7H,4H2,1H3. The minimum absolute atomic E-state index is 0.355. The number of nitrogens with zero attached hydrogens (tertiary/aromatic N) is 2. The monoisotopic (exact) mass is 308 g/mol. The summed E-state index contributed by atoms with van der Waals surface area (Å²) in [7, 11) is 1.63. The SMILES string of the molecule is COc1ccc(-c2nc(CC#N)cs2)cc1Br. The molecular formula is C12H9BrN2OS. The molecule has 0 spiro atoms. The maximum Gasteiger partial charge on any atom is 0.133 e. The van der Waals surface area contributed by atoms with Crippen LogP contribution in [0.5, 0.6) is 5.75 Å². The van der Waals surface area contributed by atoms with Gasteiger partial charge in [-0.1, -0.05) is 0 Å². The van der Waals surface area contributed by atoms with Crippen LogP contribution in [-0.2, 0) is 6.42 Å². The van der Waals surface area contributed by atoms with E-state index < -0.39 is 0 Å². The number of hydrogen-bond acceptors (Lipinski definition) is 4. The maximum absolute atomic E-state index is 8.60. The first-order chi connectivity index (χ1) is 8.24. The second kappa shape index (κ2) is 5.30. The van der Waals surface area contributed by atoms with E-state index in [4.69, 9.17) is 10.00 Å². The van der Waals surface area contributed by atoms with Gasteiger partial charge in [-0.2, -0.15) is 5.26 Å². The van der Waals surface area contributed by atoms with E-state index in [9.17, 15) is 0 Å². The van der Waals surface area contributed by atoms with Crippen LogP contribution in [0.2, 0.25) is 0 Å². The molecule has 1 heterocycles. The molecule has 0 saturated heterocycles. The zero-order valence-corrected chi connectivity index (χ0v) is 11.5. The lowest BCUT2D eigenvalue weighted by Gasteiger charge is -2.04. The van der Waals surface area contributed by atoms with E-state index in [1.165, 1.54) is 0 Å². The Balaban J connectivity index is 2.33. The molecule has 0 aliphatic heterocycles. The highest BCUT2D eigenvalue weighted by atomic mass is 79.9. The van der Waals surface area contributed by atoms with Crippen LogP contribution in [0.4, 0.5) is 0 Å². The average molecular weight is 309 g/mol. The van der Waals surface area contributed by atoms with Crippen LogP contribution in [-0.4, -0.2) is 12.1 Å². The number of aromatic nitrogens is 1. The van der Waals surface area contributed by atoms with E-state index in [-0.39, 0.29) is 0 Å². The summed E-state index contributed by atoms with van der Waals surface area (Å²) in [6.45, 7) is 0. The number of rotatable bonds is 3. The number of ether oxygens (including phenoxy) is 1. The van der Waals surface area contributed by atoms with Crippen LogP contribution < -0.4 is 4.74 Å². The van der Waals surface area contributed by atoms with Gasteiger partial charge in [-0.3, -0.25) is 0 Å². The fourth-order valence-corrected chi connectivity index (χ4v) is 2.76. The largest absolute Gasteiger partial charge is 0.496 e. The molecule has 0 aliphatic carbocycles. The molecule has 0 N–H and O–H groups in total. The van der Waals surface area contributed by atoms with Gasteiger partial charge in [0, 0.05) is 10.9 Å². The molecule has 86 valence electrons. The Hall–Kier alpha value is -1.38. The molecule has 1 aromatic heterocycles. The highest BCUT2D eigenvalue weighted by Gasteiger charge is 2.07.